The molecule has 0 atom stereocenters. The number of halogens is 1. The summed E-state index contributed by atoms with van der Waals surface area (Å²) in [5, 5.41) is 0.523. The quantitative estimate of drug-likeness (QED) is 0.669. The lowest BCUT2D eigenvalue weighted by atomic mass is 10.1. The predicted molar refractivity (Wildman–Crippen MR) is 81.0 cm³/mol. The molecule has 1 aromatic heterocycles. The number of benzene rings is 1. The highest BCUT2D eigenvalue weighted by Gasteiger charge is 2.12. The smallest absolute Gasteiger partial charge is 0.161 e. The van der Waals surface area contributed by atoms with Gasteiger partial charge in [0.25, 0.3) is 0 Å². The lowest BCUT2D eigenvalue weighted by molar-refractivity contribution is 0.415. The number of nitrogens with two attached hydrogens (primary N) is 1. The number of ether oxygens (including phenoxy) is 1. The number of anilines is 1. The zero-order chi connectivity index (χ0) is 14.7. The molecule has 0 saturated carbocycles. The standard InChI is InChI=1S/C14H17ClN4O/c1-4-11-8(2)13(19-16)18-14(17-11)9-5-6-12(20-3)10(15)7-9/h5-7H,4,16H2,1-3H3,(H,17,18,19). The van der Waals surface area contributed by atoms with E-state index >= 15 is 0 Å². The van der Waals surface area contributed by atoms with E-state index < -0.39 is 0 Å². The van der Waals surface area contributed by atoms with E-state index in [0.29, 0.717) is 22.4 Å². The minimum absolute atomic E-state index is 0.523. The second-order valence-corrected chi connectivity index (χ2v) is 4.72. The maximum Gasteiger partial charge on any atom is 0.161 e. The number of methoxy groups -OCH3 is 1. The summed E-state index contributed by atoms with van der Waals surface area (Å²) in [6.45, 7) is 3.99. The number of nitrogen functional groups attached to an aromatic ring is 1. The molecule has 0 fully saturated rings. The van der Waals surface area contributed by atoms with Gasteiger partial charge >= 0.3 is 0 Å². The first-order valence-electron chi connectivity index (χ1n) is 6.28. The lowest BCUT2D eigenvalue weighted by Crippen LogP contribution is -2.13. The number of aryl methyl sites for hydroxylation is 1. The van der Waals surface area contributed by atoms with Crippen LogP contribution in [-0.2, 0) is 6.42 Å². The Bertz CT molecular complexity index is 606. The molecule has 106 valence electrons. The van der Waals surface area contributed by atoms with E-state index in [2.05, 4.69) is 15.4 Å². The molecule has 1 heterocycles. The summed E-state index contributed by atoms with van der Waals surface area (Å²) in [6, 6.07) is 5.45. The van der Waals surface area contributed by atoms with Crippen LogP contribution in [0.1, 0.15) is 18.2 Å². The monoisotopic (exact) mass is 292 g/mol. The molecule has 0 saturated heterocycles. The first-order chi connectivity index (χ1) is 9.60. The summed E-state index contributed by atoms with van der Waals surface area (Å²) in [5.74, 6) is 7.34. The molecule has 1 aromatic carbocycles. The molecule has 0 aliphatic carbocycles. The van der Waals surface area contributed by atoms with Gasteiger partial charge in [-0.1, -0.05) is 18.5 Å². The van der Waals surface area contributed by atoms with Gasteiger partial charge in [0.2, 0.25) is 0 Å². The summed E-state index contributed by atoms with van der Waals surface area (Å²) in [5.41, 5.74) is 5.34. The molecular formula is C14H17ClN4O. The van der Waals surface area contributed by atoms with E-state index in [9.17, 15) is 0 Å². The average Bonchev–Trinajstić information content (AvgIpc) is 2.47. The number of nitrogens with one attached hydrogen (secondary N) is 1. The summed E-state index contributed by atoms with van der Waals surface area (Å²) in [6.07, 6.45) is 0.805. The van der Waals surface area contributed by atoms with Gasteiger partial charge in [-0.2, -0.15) is 0 Å². The molecule has 3 N–H and O–H groups in total. The third-order valence-corrected chi connectivity index (χ3v) is 3.42. The Morgan fingerprint density at radius 2 is 2.10 bits per heavy atom. The van der Waals surface area contributed by atoms with Crippen molar-refractivity contribution >= 4 is 17.4 Å². The van der Waals surface area contributed by atoms with Crippen molar-refractivity contribution in [1.29, 1.82) is 0 Å². The average molecular weight is 293 g/mol. The van der Waals surface area contributed by atoms with Crippen LogP contribution in [0.15, 0.2) is 18.2 Å². The molecular weight excluding hydrogens is 276 g/mol. The van der Waals surface area contributed by atoms with Crippen molar-refractivity contribution in [2.24, 2.45) is 5.84 Å². The Morgan fingerprint density at radius 1 is 1.35 bits per heavy atom. The van der Waals surface area contributed by atoms with Crippen molar-refractivity contribution in [2.45, 2.75) is 20.3 Å². The van der Waals surface area contributed by atoms with E-state index in [-0.39, 0.29) is 0 Å². The largest absolute Gasteiger partial charge is 0.495 e. The molecule has 0 aliphatic heterocycles. The Hall–Kier alpha value is -1.85. The molecule has 0 bridgehead atoms. The highest BCUT2D eigenvalue weighted by molar-refractivity contribution is 6.32. The molecule has 0 unspecified atom stereocenters. The zero-order valence-electron chi connectivity index (χ0n) is 11.7. The van der Waals surface area contributed by atoms with Gasteiger partial charge in [-0.15, -0.1) is 0 Å². The van der Waals surface area contributed by atoms with Crippen LogP contribution < -0.4 is 16.0 Å². The van der Waals surface area contributed by atoms with Crippen molar-refractivity contribution in [2.75, 3.05) is 12.5 Å². The number of hydrazine groups is 1. The molecule has 0 amide bonds. The Kier molecular flexibility index (Phi) is 4.42. The fourth-order valence-electron chi connectivity index (χ4n) is 1.98. The van der Waals surface area contributed by atoms with Gasteiger partial charge in [-0.25, -0.2) is 15.8 Å². The van der Waals surface area contributed by atoms with Crippen LogP contribution in [0.4, 0.5) is 5.82 Å². The number of aromatic nitrogens is 2. The molecule has 6 heteroatoms. The van der Waals surface area contributed by atoms with Crippen LogP contribution in [0.25, 0.3) is 11.4 Å². The van der Waals surface area contributed by atoms with E-state index in [1.807, 2.05) is 19.9 Å². The van der Waals surface area contributed by atoms with E-state index in [0.717, 1.165) is 23.2 Å². The molecule has 2 aromatic rings. The lowest BCUT2D eigenvalue weighted by Gasteiger charge is -2.11. The normalized spacial score (nSPS) is 10.4. The van der Waals surface area contributed by atoms with Crippen molar-refractivity contribution in [3.63, 3.8) is 0 Å². The van der Waals surface area contributed by atoms with Gasteiger partial charge in [0.15, 0.2) is 5.82 Å². The Labute approximate surface area is 123 Å². The summed E-state index contributed by atoms with van der Waals surface area (Å²) < 4.78 is 5.14. The van der Waals surface area contributed by atoms with Crippen LogP contribution in [0.2, 0.25) is 5.02 Å². The fourth-order valence-corrected chi connectivity index (χ4v) is 2.24. The van der Waals surface area contributed by atoms with E-state index in [1.165, 1.54) is 0 Å². The topological polar surface area (TPSA) is 73.1 Å². The van der Waals surface area contributed by atoms with E-state index in [4.69, 9.17) is 22.2 Å². The number of hydrogen-bond acceptors (Lipinski definition) is 5. The maximum absolute atomic E-state index is 6.14. The molecule has 0 radical (unpaired) electrons. The fraction of sp³-hybridized carbons (Fsp3) is 0.286. The van der Waals surface area contributed by atoms with Crippen molar-refractivity contribution < 1.29 is 4.74 Å². The Morgan fingerprint density at radius 3 is 2.65 bits per heavy atom. The third kappa shape index (κ3) is 2.69. The highest BCUT2D eigenvalue weighted by Crippen LogP contribution is 2.30. The van der Waals surface area contributed by atoms with Gasteiger partial charge in [-0.05, 0) is 31.5 Å². The number of nitrogens with zero attached hydrogens (tertiary/aromatic N) is 2. The zero-order valence-corrected chi connectivity index (χ0v) is 12.5. The first kappa shape index (κ1) is 14.6. The van der Waals surface area contributed by atoms with Gasteiger partial charge in [0, 0.05) is 16.8 Å². The van der Waals surface area contributed by atoms with Gasteiger partial charge in [-0.3, -0.25) is 0 Å². The Balaban J connectivity index is 2.54. The van der Waals surface area contributed by atoms with E-state index in [1.54, 1.807) is 19.2 Å². The summed E-state index contributed by atoms with van der Waals surface area (Å²) in [4.78, 5) is 8.98. The SMILES string of the molecule is CCc1nc(-c2ccc(OC)c(Cl)c2)nc(NN)c1C. The molecule has 2 rings (SSSR count). The summed E-state index contributed by atoms with van der Waals surface area (Å²) in [7, 11) is 1.58. The van der Waals surface area contributed by atoms with Crippen LogP contribution >= 0.6 is 11.6 Å². The van der Waals surface area contributed by atoms with Crippen LogP contribution in [-0.4, -0.2) is 17.1 Å². The first-order valence-corrected chi connectivity index (χ1v) is 6.66. The molecule has 0 spiro atoms. The third-order valence-electron chi connectivity index (χ3n) is 3.13. The highest BCUT2D eigenvalue weighted by atomic mass is 35.5. The van der Waals surface area contributed by atoms with Crippen LogP contribution in [0.5, 0.6) is 5.75 Å². The second-order valence-electron chi connectivity index (χ2n) is 4.31. The summed E-state index contributed by atoms with van der Waals surface area (Å²) >= 11 is 6.14. The second kappa shape index (κ2) is 6.07. The van der Waals surface area contributed by atoms with Gasteiger partial charge in [0.1, 0.15) is 11.6 Å². The maximum atomic E-state index is 6.14. The van der Waals surface area contributed by atoms with Crippen molar-refractivity contribution in [3.05, 3.63) is 34.5 Å². The predicted octanol–water partition coefficient (Wildman–Crippen LogP) is 2.96. The molecule has 5 nitrogen and oxygen atoms in total. The van der Waals surface area contributed by atoms with Crippen molar-refractivity contribution in [3.8, 4) is 17.1 Å². The van der Waals surface area contributed by atoms with Gasteiger partial charge < -0.3 is 10.2 Å². The van der Waals surface area contributed by atoms with Crippen LogP contribution in [0.3, 0.4) is 0 Å². The minimum Gasteiger partial charge on any atom is -0.495 e. The number of rotatable bonds is 4. The van der Waals surface area contributed by atoms with Gasteiger partial charge in [0.05, 0.1) is 12.1 Å². The number of hydrogen-bond donors (Lipinski definition) is 2. The minimum atomic E-state index is 0.523. The molecule has 0 aliphatic rings. The van der Waals surface area contributed by atoms with Crippen LogP contribution in [0, 0.1) is 6.92 Å². The molecule has 20 heavy (non-hydrogen) atoms. The van der Waals surface area contributed by atoms with Crippen molar-refractivity contribution in [1.82, 2.24) is 9.97 Å².